The number of hydrogen-bond acceptors (Lipinski definition) is 7. The number of rotatable bonds is 15. The maximum atomic E-state index is 13.5. The summed E-state index contributed by atoms with van der Waals surface area (Å²) in [5, 5.41) is 7.82. The standard InChI is InChI=1S/C26H32ClIN4O5S3/c1-4-13-29-24(33)21(15-38)31-26(35)20(14-17-6-8-18(28)9-7-17)30-25(34)19(10-5-16(2)3)32-40(36,37)23-12-11-22(27)39-23/h1,6-9,11-12,16,19-21,32,38H,5,10,13-15H2,2-3H3,(H,29,33)(H,30,34)(H,31,35)/t19-,20-,21-/m0/s1. The van der Waals surface area contributed by atoms with Gasteiger partial charge in [0.15, 0.2) is 0 Å². The van der Waals surface area contributed by atoms with Gasteiger partial charge in [-0.05, 0) is 71.2 Å². The molecule has 3 atom stereocenters. The Morgan fingerprint density at radius 1 is 1.00 bits per heavy atom. The van der Waals surface area contributed by atoms with Crippen LogP contribution in [0.25, 0.3) is 0 Å². The van der Waals surface area contributed by atoms with Crippen LogP contribution in [0, 0.1) is 21.8 Å². The van der Waals surface area contributed by atoms with Gasteiger partial charge in [0.1, 0.15) is 22.3 Å². The van der Waals surface area contributed by atoms with Crippen molar-refractivity contribution in [1.29, 1.82) is 0 Å². The van der Waals surface area contributed by atoms with Crippen molar-refractivity contribution in [2.24, 2.45) is 5.92 Å². The normalized spacial score (nSPS) is 13.6. The van der Waals surface area contributed by atoms with Crippen molar-refractivity contribution in [3.63, 3.8) is 0 Å². The summed E-state index contributed by atoms with van der Waals surface area (Å²) in [6.07, 6.45) is 6.05. The van der Waals surface area contributed by atoms with E-state index in [1.165, 1.54) is 12.1 Å². The van der Waals surface area contributed by atoms with Gasteiger partial charge in [0.05, 0.1) is 10.9 Å². The molecule has 14 heteroatoms. The molecule has 0 aliphatic rings. The Balaban J connectivity index is 2.31. The van der Waals surface area contributed by atoms with Crippen LogP contribution in [-0.2, 0) is 30.8 Å². The lowest BCUT2D eigenvalue weighted by Gasteiger charge is -2.25. The number of nitrogens with one attached hydrogen (secondary N) is 4. The second-order valence-corrected chi connectivity index (χ2v) is 14.5. The fourth-order valence-corrected chi connectivity index (χ4v) is 6.84. The number of hydrogen-bond donors (Lipinski definition) is 5. The van der Waals surface area contributed by atoms with Gasteiger partial charge in [-0.1, -0.05) is 43.5 Å². The highest BCUT2D eigenvalue weighted by molar-refractivity contribution is 14.1. The molecule has 1 aromatic carbocycles. The molecule has 2 rings (SSSR count). The Hall–Kier alpha value is -1.83. The second-order valence-electron chi connectivity index (χ2n) is 9.26. The van der Waals surface area contributed by atoms with Crippen LogP contribution in [0.2, 0.25) is 4.34 Å². The number of halogens is 2. The predicted octanol–water partition coefficient (Wildman–Crippen LogP) is 2.98. The number of thiol groups is 1. The molecule has 1 heterocycles. The van der Waals surface area contributed by atoms with Crippen molar-refractivity contribution in [3.05, 3.63) is 49.9 Å². The SMILES string of the molecule is C#CCNC(=O)[C@H](CS)NC(=O)[C@H](Cc1ccc(I)cc1)NC(=O)[C@H](CCC(C)C)NS(=O)(=O)c1ccc(Cl)s1. The first-order valence-corrected chi connectivity index (χ1v) is 16.7. The number of benzene rings is 1. The van der Waals surface area contributed by atoms with E-state index in [2.05, 4.69) is 61.8 Å². The van der Waals surface area contributed by atoms with Gasteiger partial charge in [-0.25, -0.2) is 8.42 Å². The van der Waals surface area contributed by atoms with Gasteiger partial charge in [0, 0.05) is 15.7 Å². The largest absolute Gasteiger partial charge is 0.343 e. The second kappa shape index (κ2) is 16.6. The summed E-state index contributed by atoms with van der Waals surface area (Å²) in [5.74, 6) is 0.665. The smallest absolute Gasteiger partial charge is 0.250 e. The van der Waals surface area contributed by atoms with Crippen LogP contribution in [0.4, 0.5) is 0 Å². The molecule has 1 aromatic heterocycles. The van der Waals surface area contributed by atoms with Crippen molar-refractivity contribution < 1.29 is 22.8 Å². The average molecular weight is 739 g/mol. The zero-order chi connectivity index (χ0) is 29.9. The van der Waals surface area contributed by atoms with Gasteiger partial charge in [0.2, 0.25) is 17.7 Å². The summed E-state index contributed by atoms with van der Waals surface area (Å²) in [6.45, 7) is 3.89. The minimum absolute atomic E-state index is 0.00741. The molecular weight excluding hydrogens is 707 g/mol. The topological polar surface area (TPSA) is 133 Å². The van der Waals surface area contributed by atoms with Gasteiger partial charge in [-0.2, -0.15) is 17.4 Å². The zero-order valence-electron chi connectivity index (χ0n) is 21.9. The first kappa shape index (κ1) is 34.4. The fourth-order valence-electron chi connectivity index (χ4n) is 3.50. The molecule has 3 amide bonds. The van der Waals surface area contributed by atoms with E-state index in [0.29, 0.717) is 10.8 Å². The van der Waals surface area contributed by atoms with E-state index in [4.69, 9.17) is 18.0 Å². The number of amides is 3. The predicted molar refractivity (Wildman–Crippen MR) is 170 cm³/mol. The van der Waals surface area contributed by atoms with Crippen LogP contribution in [-0.4, -0.2) is 56.6 Å². The number of carbonyl (C=O) groups is 3. The highest BCUT2D eigenvalue weighted by atomic mass is 127. The maximum Gasteiger partial charge on any atom is 0.250 e. The lowest BCUT2D eigenvalue weighted by atomic mass is 10.0. The van der Waals surface area contributed by atoms with E-state index in [1.54, 1.807) is 0 Å². The molecular formula is C26H32ClIN4O5S3. The molecule has 0 unspecified atom stereocenters. The number of carbonyl (C=O) groups excluding carboxylic acids is 3. The summed E-state index contributed by atoms with van der Waals surface area (Å²) in [6, 6.07) is 6.93. The van der Waals surface area contributed by atoms with Crippen molar-refractivity contribution in [3.8, 4) is 12.3 Å². The molecule has 0 saturated heterocycles. The minimum atomic E-state index is -4.05. The third-order valence-corrected chi connectivity index (χ3v) is 9.91. The molecule has 0 spiro atoms. The summed E-state index contributed by atoms with van der Waals surface area (Å²) in [4.78, 5) is 39.3. The van der Waals surface area contributed by atoms with E-state index in [-0.39, 0.29) is 35.3 Å². The quantitative estimate of drug-likeness (QED) is 0.109. The first-order valence-electron chi connectivity index (χ1n) is 12.3. The van der Waals surface area contributed by atoms with Gasteiger partial charge >= 0.3 is 0 Å². The third kappa shape index (κ3) is 11.2. The summed E-state index contributed by atoms with van der Waals surface area (Å²) in [7, 11) is -4.05. The third-order valence-electron chi connectivity index (χ3n) is 5.63. The Morgan fingerprint density at radius 3 is 2.17 bits per heavy atom. The number of sulfonamides is 1. The average Bonchev–Trinajstić information content (AvgIpc) is 3.36. The number of thiophene rings is 1. The van der Waals surface area contributed by atoms with Crippen LogP contribution in [0.3, 0.4) is 0 Å². The first-order chi connectivity index (χ1) is 18.9. The highest BCUT2D eigenvalue weighted by Gasteiger charge is 2.31. The van der Waals surface area contributed by atoms with Crippen molar-refractivity contribution in [1.82, 2.24) is 20.7 Å². The number of terminal acetylenes is 1. The Kier molecular flexibility index (Phi) is 14.2. The lowest BCUT2D eigenvalue weighted by Crippen LogP contribution is -2.57. The van der Waals surface area contributed by atoms with Crippen molar-refractivity contribution >= 4 is 85.9 Å². The van der Waals surface area contributed by atoms with Gasteiger partial charge < -0.3 is 16.0 Å². The molecule has 4 N–H and O–H groups in total. The molecule has 0 aliphatic carbocycles. The highest BCUT2D eigenvalue weighted by Crippen LogP contribution is 2.26. The molecule has 0 fully saturated rings. The van der Waals surface area contributed by atoms with Crippen LogP contribution in [0.5, 0.6) is 0 Å². The maximum absolute atomic E-state index is 13.5. The van der Waals surface area contributed by atoms with Gasteiger partial charge in [0.25, 0.3) is 10.0 Å². The van der Waals surface area contributed by atoms with E-state index in [0.717, 1.165) is 20.5 Å². The molecule has 218 valence electrons. The Labute approximate surface area is 263 Å². The molecule has 0 saturated carbocycles. The molecule has 0 bridgehead atoms. The monoisotopic (exact) mass is 738 g/mol. The van der Waals surface area contributed by atoms with Crippen LogP contribution >= 0.6 is 58.2 Å². The summed E-state index contributed by atoms with van der Waals surface area (Å²) >= 11 is 13.1. The van der Waals surface area contributed by atoms with Crippen molar-refractivity contribution in [2.45, 2.75) is 55.4 Å². The Morgan fingerprint density at radius 2 is 1.62 bits per heavy atom. The molecule has 2 aromatic rings. The Bertz CT molecular complexity index is 1310. The summed E-state index contributed by atoms with van der Waals surface area (Å²) in [5.41, 5.74) is 0.757. The van der Waals surface area contributed by atoms with E-state index >= 15 is 0 Å². The summed E-state index contributed by atoms with van der Waals surface area (Å²) < 4.78 is 29.7. The van der Waals surface area contributed by atoms with Gasteiger partial charge in [-0.15, -0.1) is 17.8 Å². The van der Waals surface area contributed by atoms with E-state index < -0.39 is 45.9 Å². The molecule has 0 aliphatic heterocycles. The molecule has 9 nitrogen and oxygen atoms in total. The molecule has 40 heavy (non-hydrogen) atoms. The van der Waals surface area contributed by atoms with E-state index in [9.17, 15) is 22.8 Å². The minimum Gasteiger partial charge on any atom is -0.343 e. The van der Waals surface area contributed by atoms with Crippen molar-refractivity contribution in [2.75, 3.05) is 12.3 Å². The van der Waals surface area contributed by atoms with Crippen LogP contribution in [0.15, 0.2) is 40.6 Å². The molecule has 0 radical (unpaired) electrons. The van der Waals surface area contributed by atoms with E-state index in [1.807, 2.05) is 38.1 Å². The zero-order valence-corrected chi connectivity index (χ0v) is 27.4. The van der Waals surface area contributed by atoms with Crippen LogP contribution < -0.4 is 20.7 Å². The van der Waals surface area contributed by atoms with Crippen LogP contribution in [0.1, 0.15) is 32.3 Å². The van der Waals surface area contributed by atoms with Gasteiger partial charge in [-0.3, -0.25) is 14.4 Å². The fraction of sp³-hybridized carbons (Fsp3) is 0.423. The lowest BCUT2D eigenvalue weighted by molar-refractivity contribution is -0.132.